The number of para-hydroxylation sites is 1. The zero-order valence-corrected chi connectivity index (χ0v) is 10.6. The first kappa shape index (κ1) is 13.2. The zero-order valence-electron chi connectivity index (χ0n) is 10.6. The molecular formula is C13H17N3O3. The van der Waals surface area contributed by atoms with Crippen molar-refractivity contribution in [1.29, 1.82) is 0 Å². The zero-order chi connectivity index (χ0) is 13.7. The topological polar surface area (TPSA) is 88.1 Å². The molecule has 0 radical (unpaired) electrons. The monoisotopic (exact) mass is 263 g/mol. The van der Waals surface area contributed by atoms with Crippen molar-refractivity contribution in [2.45, 2.75) is 12.8 Å². The van der Waals surface area contributed by atoms with Crippen LogP contribution in [0.1, 0.15) is 18.4 Å². The number of benzene rings is 1. The van der Waals surface area contributed by atoms with E-state index in [1.165, 1.54) is 0 Å². The quantitative estimate of drug-likeness (QED) is 0.364. The lowest BCUT2D eigenvalue weighted by molar-refractivity contribution is -0.132. The number of oxime groups is 1. The van der Waals surface area contributed by atoms with Crippen molar-refractivity contribution in [3.8, 4) is 5.75 Å². The van der Waals surface area contributed by atoms with E-state index >= 15 is 0 Å². The van der Waals surface area contributed by atoms with Crippen molar-refractivity contribution in [2.75, 3.05) is 19.7 Å². The fourth-order valence-electron chi connectivity index (χ4n) is 2.06. The average molecular weight is 263 g/mol. The standard InChI is InChI=1S/C13H17N3O3/c14-13(15-18)10-5-1-2-6-11(10)19-9-12(17)16-7-3-4-8-16/h1-2,5-6,18H,3-4,7-9H2,(H2,14,15). The summed E-state index contributed by atoms with van der Waals surface area (Å²) < 4.78 is 5.47. The number of rotatable bonds is 4. The molecule has 0 saturated carbocycles. The minimum Gasteiger partial charge on any atom is -0.483 e. The summed E-state index contributed by atoms with van der Waals surface area (Å²) in [5.41, 5.74) is 6.02. The molecule has 1 amide bonds. The van der Waals surface area contributed by atoms with E-state index in [2.05, 4.69) is 5.16 Å². The van der Waals surface area contributed by atoms with Crippen molar-refractivity contribution in [3.05, 3.63) is 29.8 Å². The molecule has 0 aromatic heterocycles. The molecule has 19 heavy (non-hydrogen) atoms. The fraction of sp³-hybridized carbons (Fsp3) is 0.385. The van der Waals surface area contributed by atoms with Crippen molar-refractivity contribution in [2.24, 2.45) is 10.9 Å². The third kappa shape index (κ3) is 3.15. The molecule has 1 aromatic rings. The molecule has 1 fully saturated rings. The summed E-state index contributed by atoms with van der Waals surface area (Å²) in [6.45, 7) is 1.56. The second-order valence-corrected chi connectivity index (χ2v) is 4.36. The maximum Gasteiger partial charge on any atom is 0.260 e. The van der Waals surface area contributed by atoms with Gasteiger partial charge in [0.2, 0.25) is 0 Å². The third-order valence-corrected chi connectivity index (χ3v) is 3.08. The van der Waals surface area contributed by atoms with Crippen LogP contribution in [0.3, 0.4) is 0 Å². The van der Waals surface area contributed by atoms with Gasteiger partial charge in [0.1, 0.15) is 5.75 Å². The Morgan fingerprint density at radius 2 is 2.05 bits per heavy atom. The lowest BCUT2D eigenvalue weighted by atomic mass is 10.2. The van der Waals surface area contributed by atoms with E-state index in [4.69, 9.17) is 15.7 Å². The summed E-state index contributed by atoms with van der Waals surface area (Å²) in [5.74, 6) is 0.362. The Bertz CT molecular complexity index is 482. The molecule has 0 unspecified atom stereocenters. The fourth-order valence-corrected chi connectivity index (χ4v) is 2.06. The largest absolute Gasteiger partial charge is 0.483 e. The van der Waals surface area contributed by atoms with E-state index in [0.29, 0.717) is 11.3 Å². The van der Waals surface area contributed by atoms with Crippen LogP contribution in [0.5, 0.6) is 5.75 Å². The highest BCUT2D eigenvalue weighted by molar-refractivity contribution is 5.99. The van der Waals surface area contributed by atoms with Gasteiger partial charge in [-0.15, -0.1) is 0 Å². The van der Waals surface area contributed by atoms with E-state index in [0.717, 1.165) is 25.9 Å². The van der Waals surface area contributed by atoms with Crippen molar-refractivity contribution in [1.82, 2.24) is 4.90 Å². The second kappa shape index (κ2) is 6.08. The van der Waals surface area contributed by atoms with Crippen molar-refractivity contribution >= 4 is 11.7 Å². The number of amidine groups is 1. The molecule has 1 aromatic carbocycles. The van der Waals surface area contributed by atoms with Gasteiger partial charge in [0, 0.05) is 13.1 Å². The molecule has 0 spiro atoms. The Hall–Kier alpha value is -2.24. The van der Waals surface area contributed by atoms with Crippen LogP contribution < -0.4 is 10.5 Å². The lowest BCUT2D eigenvalue weighted by Gasteiger charge is -2.16. The highest BCUT2D eigenvalue weighted by Gasteiger charge is 2.18. The van der Waals surface area contributed by atoms with Gasteiger partial charge in [-0.2, -0.15) is 0 Å². The average Bonchev–Trinajstić information content (AvgIpc) is 2.98. The van der Waals surface area contributed by atoms with Crippen LogP contribution in [0.15, 0.2) is 29.4 Å². The van der Waals surface area contributed by atoms with Gasteiger partial charge in [0.05, 0.1) is 5.56 Å². The Labute approximate surface area is 111 Å². The number of carbonyl (C=O) groups excluding carboxylic acids is 1. The van der Waals surface area contributed by atoms with Crippen LogP contribution in [0.25, 0.3) is 0 Å². The molecule has 1 aliphatic heterocycles. The van der Waals surface area contributed by atoms with Gasteiger partial charge in [-0.1, -0.05) is 17.3 Å². The Morgan fingerprint density at radius 1 is 1.37 bits per heavy atom. The highest BCUT2D eigenvalue weighted by atomic mass is 16.5. The Balaban J connectivity index is 2.01. The molecular weight excluding hydrogens is 246 g/mol. The van der Waals surface area contributed by atoms with E-state index in [1.807, 2.05) is 0 Å². The van der Waals surface area contributed by atoms with E-state index in [-0.39, 0.29) is 18.3 Å². The summed E-state index contributed by atoms with van der Waals surface area (Å²) in [7, 11) is 0. The first-order valence-electron chi connectivity index (χ1n) is 6.20. The first-order valence-corrected chi connectivity index (χ1v) is 6.20. The van der Waals surface area contributed by atoms with Gasteiger partial charge in [0.15, 0.2) is 12.4 Å². The summed E-state index contributed by atoms with van der Waals surface area (Å²) in [4.78, 5) is 13.6. The number of amides is 1. The molecule has 1 heterocycles. The molecule has 1 aliphatic rings. The molecule has 3 N–H and O–H groups in total. The van der Waals surface area contributed by atoms with Crippen molar-refractivity contribution < 1.29 is 14.7 Å². The van der Waals surface area contributed by atoms with Gasteiger partial charge in [-0.05, 0) is 25.0 Å². The Morgan fingerprint density at radius 3 is 2.74 bits per heavy atom. The predicted molar refractivity (Wildman–Crippen MR) is 70.3 cm³/mol. The number of likely N-dealkylation sites (tertiary alicyclic amines) is 1. The molecule has 6 heteroatoms. The van der Waals surface area contributed by atoms with Gasteiger partial charge < -0.3 is 20.6 Å². The Kier molecular flexibility index (Phi) is 4.22. The summed E-state index contributed by atoms with van der Waals surface area (Å²) in [6.07, 6.45) is 2.10. The SMILES string of the molecule is N/C(=N\O)c1ccccc1OCC(=O)N1CCCC1. The van der Waals surface area contributed by atoms with E-state index in [9.17, 15) is 4.79 Å². The summed E-state index contributed by atoms with van der Waals surface area (Å²) in [5, 5.41) is 11.6. The molecule has 1 saturated heterocycles. The second-order valence-electron chi connectivity index (χ2n) is 4.36. The van der Waals surface area contributed by atoms with Crippen molar-refractivity contribution in [3.63, 3.8) is 0 Å². The number of carbonyl (C=O) groups is 1. The minimum atomic E-state index is -0.0378. The number of ether oxygens (including phenoxy) is 1. The van der Waals surface area contributed by atoms with E-state index in [1.54, 1.807) is 29.2 Å². The van der Waals surface area contributed by atoms with Gasteiger partial charge >= 0.3 is 0 Å². The molecule has 102 valence electrons. The maximum atomic E-state index is 11.9. The summed E-state index contributed by atoms with van der Waals surface area (Å²) in [6, 6.07) is 6.88. The first-order chi connectivity index (χ1) is 9.22. The minimum absolute atomic E-state index is 0.0320. The van der Waals surface area contributed by atoms with Crippen LogP contribution in [-0.2, 0) is 4.79 Å². The van der Waals surface area contributed by atoms with Crippen LogP contribution in [0, 0.1) is 0 Å². The normalized spacial score (nSPS) is 15.6. The van der Waals surface area contributed by atoms with Crippen LogP contribution >= 0.6 is 0 Å². The number of nitrogens with zero attached hydrogens (tertiary/aromatic N) is 2. The molecule has 0 aliphatic carbocycles. The molecule has 0 atom stereocenters. The van der Waals surface area contributed by atoms with Gasteiger partial charge in [0.25, 0.3) is 5.91 Å². The molecule has 2 rings (SSSR count). The highest BCUT2D eigenvalue weighted by Crippen LogP contribution is 2.18. The third-order valence-electron chi connectivity index (χ3n) is 3.08. The molecule has 0 bridgehead atoms. The van der Waals surface area contributed by atoms with Crippen LogP contribution in [-0.4, -0.2) is 41.5 Å². The molecule has 6 nitrogen and oxygen atoms in total. The number of nitrogens with two attached hydrogens (primary N) is 1. The van der Waals surface area contributed by atoms with Gasteiger partial charge in [-0.25, -0.2) is 0 Å². The smallest absolute Gasteiger partial charge is 0.260 e. The number of hydrogen-bond donors (Lipinski definition) is 2. The van der Waals surface area contributed by atoms with Crippen LogP contribution in [0.2, 0.25) is 0 Å². The summed E-state index contributed by atoms with van der Waals surface area (Å²) >= 11 is 0. The maximum absolute atomic E-state index is 11.9. The predicted octanol–water partition coefficient (Wildman–Crippen LogP) is 0.782. The number of hydrogen-bond acceptors (Lipinski definition) is 4. The van der Waals surface area contributed by atoms with Crippen LogP contribution in [0.4, 0.5) is 0 Å². The lowest BCUT2D eigenvalue weighted by Crippen LogP contribution is -2.32. The van der Waals surface area contributed by atoms with Gasteiger partial charge in [-0.3, -0.25) is 4.79 Å². The van der Waals surface area contributed by atoms with E-state index < -0.39 is 0 Å².